The minimum atomic E-state index is -0.962. The van der Waals surface area contributed by atoms with Gasteiger partial charge in [-0.25, -0.2) is 4.79 Å². The number of rotatable bonds is 7. The zero-order chi connectivity index (χ0) is 27.6. The summed E-state index contributed by atoms with van der Waals surface area (Å²) < 4.78 is 15.5. The number of ketones is 1. The van der Waals surface area contributed by atoms with Gasteiger partial charge in [-0.05, 0) is 47.9 Å². The van der Waals surface area contributed by atoms with E-state index in [-0.39, 0.29) is 33.2 Å². The number of methoxy groups -OCH3 is 3. The molecule has 0 spiro atoms. The number of aliphatic hydroxyl groups excluding tert-OH is 1. The quantitative estimate of drug-likeness (QED) is 0.189. The molecule has 196 valence electrons. The van der Waals surface area contributed by atoms with E-state index in [9.17, 15) is 19.5 Å². The van der Waals surface area contributed by atoms with Crippen LogP contribution < -0.4 is 14.4 Å². The lowest BCUT2D eigenvalue weighted by atomic mass is 9.94. The number of hydrogen-bond donors (Lipinski definition) is 1. The lowest BCUT2D eigenvalue weighted by Crippen LogP contribution is -2.29. The van der Waals surface area contributed by atoms with Crippen LogP contribution in [0.4, 0.5) is 5.69 Å². The van der Waals surface area contributed by atoms with Crippen molar-refractivity contribution in [2.45, 2.75) is 19.4 Å². The van der Waals surface area contributed by atoms with Gasteiger partial charge in [-0.15, -0.1) is 0 Å². The molecular formula is C29H26ClNO7. The maximum atomic E-state index is 13.5. The molecule has 1 heterocycles. The summed E-state index contributed by atoms with van der Waals surface area (Å²) >= 11 is 6.23. The highest BCUT2D eigenvalue weighted by Crippen LogP contribution is 2.44. The standard InChI is InChI=1S/C29H26ClNO7/c1-5-16-6-8-17(9-7-16)25-24(26(32)20-14-23(37-3)21(30)15-22(20)36-2)27(33)28(34)31(25)19-12-10-18(11-13-19)29(35)38-4/h6-15,25,32H,5H2,1-4H3/b26-24+. The van der Waals surface area contributed by atoms with Crippen LogP contribution in [0.1, 0.15) is 40.0 Å². The van der Waals surface area contributed by atoms with Crippen molar-refractivity contribution in [3.8, 4) is 11.5 Å². The third-order valence-corrected chi connectivity index (χ3v) is 6.74. The molecule has 1 unspecified atom stereocenters. The average molecular weight is 536 g/mol. The number of benzene rings is 3. The first kappa shape index (κ1) is 26.8. The van der Waals surface area contributed by atoms with E-state index in [0.717, 1.165) is 12.0 Å². The second-order valence-corrected chi connectivity index (χ2v) is 8.90. The highest BCUT2D eigenvalue weighted by molar-refractivity contribution is 6.51. The van der Waals surface area contributed by atoms with Crippen molar-refractivity contribution >= 4 is 40.7 Å². The SMILES string of the molecule is CCc1ccc(C2/C(=C(\O)c3cc(OC)c(Cl)cc3OC)C(=O)C(=O)N2c2ccc(C(=O)OC)cc2)cc1. The van der Waals surface area contributed by atoms with Crippen molar-refractivity contribution in [3.63, 3.8) is 0 Å². The third-order valence-electron chi connectivity index (χ3n) is 6.44. The number of amides is 1. The topological polar surface area (TPSA) is 102 Å². The Morgan fingerprint density at radius 3 is 2.13 bits per heavy atom. The van der Waals surface area contributed by atoms with Gasteiger partial charge in [0.25, 0.3) is 11.7 Å². The minimum Gasteiger partial charge on any atom is -0.507 e. The van der Waals surface area contributed by atoms with Gasteiger partial charge in [-0.1, -0.05) is 42.8 Å². The Morgan fingerprint density at radius 2 is 1.58 bits per heavy atom. The number of nitrogens with zero attached hydrogens (tertiary/aromatic N) is 1. The van der Waals surface area contributed by atoms with Crippen LogP contribution in [0.25, 0.3) is 5.76 Å². The molecule has 3 aromatic carbocycles. The van der Waals surface area contributed by atoms with Crippen LogP contribution in [0.2, 0.25) is 5.02 Å². The van der Waals surface area contributed by atoms with Crippen molar-refractivity contribution in [3.05, 3.63) is 93.5 Å². The van der Waals surface area contributed by atoms with Crippen LogP contribution in [0.3, 0.4) is 0 Å². The molecule has 3 aromatic rings. The van der Waals surface area contributed by atoms with Crippen molar-refractivity contribution in [2.24, 2.45) is 0 Å². The maximum Gasteiger partial charge on any atom is 0.337 e. The van der Waals surface area contributed by atoms with Crippen molar-refractivity contribution in [1.29, 1.82) is 0 Å². The average Bonchev–Trinajstić information content (AvgIpc) is 3.21. The molecule has 0 radical (unpaired) electrons. The van der Waals surface area contributed by atoms with Crippen molar-refractivity contribution in [1.82, 2.24) is 0 Å². The number of hydrogen-bond acceptors (Lipinski definition) is 7. The van der Waals surface area contributed by atoms with Gasteiger partial charge in [0.15, 0.2) is 0 Å². The molecule has 1 aliphatic rings. The first-order valence-corrected chi connectivity index (χ1v) is 12.1. The van der Waals surface area contributed by atoms with Crippen LogP contribution in [0.15, 0.2) is 66.2 Å². The predicted molar refractivity (Wildman–Crippen MR) is 143 cm³/mol. The van der Waals surface area contributed by atoms with E-state index < -0.39 is 29.5 Å². The summed E-state index contributed by atoms with van der Waals surface area (Å²) in [7, 11) is 4.09. The lowest BCUT2D eigenvalue weighted by molar-refractivity contribution is -0.132. The summed E-state index contributed by atoms with van der Waals surface area (Å²) in [6.07, 6.45) is 0.803. The molecule has 9 heteroatoms. The van der Waals surface area contributed by atoms with Gasteiger partial charge in [0.05, 0.1) is 49.1 Å². The number of esters is 1. The maximum absolute atomic E-state index is 13.5. The minimum absolute atomic E-state index is 0.126. The highest BCUT2D eigenvalue weighted by atomic mass is 35.5. The number of carbonyl (C=O) groups excluding carboxylic acids is 3. The van der Waals surface area contributed by atoms with Crippen LogP contribution in [0, 0.1) is 0 Å². The van der Waals surface area contributed by atoms with Crippen LogP contribution >= 0.6 is 11.6 Å². The molecule has 0 saturated carbocycles. The van der Waals surface area contributed by atoms with E-state index in [1.165, 1.54) is 50.5 Å². The van der Waals surface area contributed by atoms with Gasteiger partial charge in [0.2, 0.25) is 0 Å². The Balaban J connectivity index is 1.95. The molecule has 0 bridgehead atoms. The fourth-order valence-electron chi connectivity index (χ4n) is 4.42. The summed E-state index contributed by atoms with van der Waals surface area (Å²) in [5.41, 5.74) is 2.35. The molecule has 1 saturated heterocycles. The van der Waals surface area contributed by atoms with E-state index in [1.807, 2.05) is 31.2 Å². The number of aryl methyl sites for hydroxylation is 1. The molecule has 1 N–H and O–H groups in total. The van der Waals surface area contributed by atoms with Gasteiger partial charge in [-0.3, -0.25) is 14.5 Å². The smallest absolute Gasteiger partial charge is 0.337 e. The second kappa shape index (κ2) is 11.0. The Kier molecular flexibility index (Phi) is 7.73. The summed E-state index contributed by atoms with van der Waals surface area (Å²) in [5.74, 6) is -2.23. The van der Waals surface area contributed by atoms with Crippen molar-refractivity contribution < 1.29 is 33.7 Å². The van der Waals surface area contributed by atoms with E-state index in [0.29, 0.717) is 11.3 Å². The summed E-state index contributed by atoms with van der Waals surface area (Å²) in [6.45, 7) is 2.02. The number of halogens is 1. The summed E-state index contributed by atoms with van der Waals surface area (Å²) in [6, 6.07) is 15.5. The Morgan fingerprint density at radius 1 is 0.947 bits per heavy atom. The second-order valence-electron chi connectivity index (χ2n) is 8.49. The predicted octanol–water partition coefficient (Wildman–Crippen LogP) is 5.33. The number of anilines is 1. The number of ether oxygens (including phenoxy) is 3. The van der Waals surface area contributed by atoms with Gasteiger partial charge >= 0.3 is 5.97 Å². The molecule has 1 fully saturated rings. The van der Waals surface area contributed by atoms with E-state index in [2.05, 4.69) is 0 Å². The molecule has 38 heavy (non-hydrogen) atoms. The highest BCUT2D eigenvalue weighted by Gasteiger charge is 2.47. The monoisotopic (exact) mass is 535 g/mol. The fourth-order valence-corrected chi connectivity index (χ4v) is 4.65. The van der Waals surface area contributed by atoms with Gasteiger partial charge in [-0.2, -0.15) is 0 Å². The summed E-state index contributed by atoms with van der Waals surface area (Å²) in [5, 5.41) is 11.8. The van der Waals surface area contributed by atoms with Gasteiger partial charge in [0, 0.05) is 11.8 Å². The third kappa shape index (κ3) is 4.70. The molecule has 1 aliphatic heterocycles. The number of carbonyl (C=O) groups is 3. The molecule has 0 aromatic heterocycles. The van der Waals surface area contributed by atoms with Crippen LogP contribution in [-0.4, -0.2) is 44.1 Å². The summed E-state index contributed by atoms with van der Waals surface area (Å²) in [4.78, 5) is 40.1. The number of Topliss-reactive ketones (excluding diaryl/α,β-unsaturated/α-hetero) is 1. The first-order valence-electron chi connectivity index (χ1n) is 11.8. The Hall–Kier alpha value is -4.30. The number of aliphatic hydroxyl groups is 1. The molecule has 1 atom stereocenters. The lowest BCUT2D eigenvalue weighted by Gasteiger charge is -2.26. The Bertz CT molecular complexity index is 1430. The first-order chi connectivity index (χ1) is 18.2. The van der Waals surface area contributed by atoms with Crippen molar-refractivity contribution in [2.75, 3.05) is 26.2 Å². The van der Waals surface area contributed by atoms with Gasteiger partial charge in [0.1, 0.15) is 17.3 Å². The van der Waals surface area contributed by atoms with Crippen LogP contribution in [0.5, 0.6) is 11.5 Å². The molecular weight excluding hydrogens is 510 g/mol. The van der Waals surface area contributed by atoms with E-state index in [4.69, 9.17) is 25.8 Å². The molecule has 1 amide bonds. The van der Waals surface area contributed by atoms with E-state index >= 15 is 0 Å². The Labute approximate surface area is 225 Å². The molecule has 4 rings (SSSR count). The fraction of sp³-hybridized carbons (Fsp3) is 0.207. The van der Waals surface area contributed by atoms with Crippen LogP contribution in [-0.2, 0) is 20.7 Å². The molecule has 0 aliphatic carbocycles. The van der Waals surface area contributed by atoms with E-state index in [1.54, 1.807) is 12.1 Å². The van der Waals surface area contributed by atoms with Gasteiger partial charge < -0.3 is 19.3 Å². The normalized spacial score (nSPS) is 16.4. The molecule has 8 nitrogen and oxygen atoms in total. The largest absolute Gasteiger partial charge is 0.507 e. The zero-order valence-corrected chi connectivity index (χ0v) is 22.0. The zero-order valence-electron chi connectivity index (χ0n) is 21.3.